The van der Waals surface area contributed by atoms with Gasteiger partial charge in [0.25, 0.3) is 0 Å². The topological polar surface area (TPSA) is 72.6 Å². The van der Waals surface area contributed by atoms with Crippen molar-refractivity contribution in [3.63, 3.8) is 0 Å². The molecular formula is C12H9BrFNO4. The van der Waals surface area contributed by atoms with Gasteiger partial charge in [-0.3, -0.25) is 0 Å². The van der Waals surface area contributed by atoms with Gasteiger partial charge in [-0.05, 0) is 28.1 Å². The summed E-state index contributed by atoms with van der Waals surface area (Å²) in [6, 6.07) is 4.32. The van der Waals surface area contributed by atoms with Crippen molar-refractivity contribution in [2.24, 2.45) is 0 Å². The number of benzene rings is 1. The van der Waals surface area contributed by atoms with Crippen molar-refractivity contribution in [2.45, 2.75) is 6.61 Å². The number of carboxylic acid groups (broad SMARTS) is 1. The molecule has 1 N–H and O–H groups in total. The van der Waals surface area contributed by atoms with Crippen molar-refractivity contribution >= 4 is 21.9 Å². The number of nitrogens with zero attached hydrogens (tertiary/aromatic N) is 1. The van der Waals surface area contributed by atoms with Crippen molar-refractivity contribution < 1.29 is 23.4 Å². The van der Waals surface area contributed by atoms with Gasteiger partial charge in [0.15, 0.2) is 0 Å². The van der Waals surface area contributed by atoms with Crippen LogP contribution < -0.4 is 0 Å². The van der Waals surface area contributed by atoms with Gasteiger partial charge in [0.2, 0.25) is 11.7 Å². The summed E-state index contributed by atoms with van der Waals surface area (Å²) in [6.07, 6.45) is 0. The summed E-state index contributed by atoms with van der Waals surface area (Å²) in [6.45, 7) is -0.00192. The Morgan fingerprint density at radius 3 is 2.95 bits per heavy atom. The zero-order valence-corrected chi connectivity index (χ0v) is 11.4. The third-order valence-corrected chi connectivity index (χ3v) is 3.16. The lowest BCUT2D eigenvalue weighted by atomic mass is 10.2. The number of methoxy groups -OCH3 is 1. The summed E-state index contributed by atoms with van der Waals surface area (Å²) in [5.41, 5.74) is 0.492. The van der Waals surface area contributed by atoms with Crippen LogP contribution in [-0.4, -0.2) is 23.2 Å². The third kappa shape index (κ3) is 2.66. The molecule has 1 aromatic heterocycles. The van der Waals surface area contributed by atoms with Crippen molar-refractivity contribution in [3.8, 4) is 11.5 Å². The molecule has 5 nitrogen and oxygen atoms in total. The van der Waals surface area contributed by atoms with Crippen LogP contribution >= 0.6 is 15.9 Å². The van der Waals surface area contributed by atoms with Crippen LogP contribution in [0.3, 0.4) is 0 Å². The molecule has 0 amide bonds. The maximum absolute atomic E-state index is 13.4. The van der Waals surface area contributed by atoms with Gasteiger partial charge in [-0.2, -0.15) is 0 Å². The van der Waals surface area contributed by atoms with Gasteiger partial charge in [0.1, 0.15) is 11.5 Å². The second-order valence-corrected chi connectivity index (χ2v) is 4.43. The lowest BCUT2D eigenvalue weighted by Gasteiger charge is -1.99. The fraction of sp³-hybridized carbons (Fsp3) is 0.167. The normalized spacial score (nSPS) is 10.7. The molecule has 0 fully saturated rings. The molecule has 0 saturated heterocycles. The van der Waals surface area contributed by atoms with Crippen molar-refractivity contribution in [1.29, 1.82) is 0 Å². The summed E-state index contributed by atoms with van der Waals surface area (Å²) < 4.78 is 23.6. The Balaban J connectivity index is 2.54. The van der Waals surface area contributed by atoms with Gasteiger partial charge in [-0.25, -0.2) is 14.2 Å². The van der Waals surface area contributed by atoms with E-state index in [1.54, 1.807) is 6.07 Å². The molecule has 0 aliphatic heterocycles. The highest BCUT2D eigenvalue weighted by atomic mass is 79.9. The zero-order valence-electron chi connectivity index (χ0n) is 9.81. The molecule has 0 aliphatic rings. The van der Waals surface area contributed by atoms with Crippen LogP contribution in [0.25, 0.3) is 11.5 Å². The number of carboxylic acids is 1. The molecule has 0 radical (unpaired) electrons. The molecule has 0 spiro atoms. The molecule has 1 aromatic carbocycles. The molecule has 1 heterocycles. The monoisotopic (exact) mass is 329 g/mol. The van der Waals surface area contributed by atoms with E-state index >= 15 is 0 Å². The number of oxazole rings is 1. The lowest BCUT2D eigenvalue weighted by molar-refractivity contribution is 0.0656. The Hall–Kier alpha value is -1.73. The average molecular weight is 330 g/mol. The van der Waals surface area contributed by atoms with E-state index in [0.717, 1.165) is 0 Å². The number of carbonyl (C=O) groups is 1. The van der Waals surface area contributed by atoms with E-state index in [4.69, 9.17) is 14.3 Å². The minimum Gasteiger partial charge on any atom is -0.475 e. The summed E-state index contributed by atoms with van der Waals surface area (Å²) >= 11 is 3.07. The van der Waals surface area contributed by atoms with Gasteiger partial charge < -0.3 is 14.3 Å². The van der Waals surface area contributed by atoms with Crippen LogP contribution in [0, 0.1) is 5.82 Å². The molecule has 100 valence electrons. The Kier molecular flexibility index (Phi) is 3.96. The van der Waals surface area contributed by atoms with E-state index in [-0.39, 0.29) is 28.4 Å². The van der Waals surface area contributed by atoms with Crippen molar-refractivity contribution in [2.75, 3.05) is 7.11 Å². The Morgan fingerprint density at radius 2 is 2.32 bits per heavy atom. The molecule has 0 atom stereocenters. The predicted molar refractivity (Wildman–Crippen MR) is 67.3 cm³/mol. The summed E-state index contributed by atoms with van der Waals surface area (Å²) in [4.78, 5) is 15.0. The smallest absolute Gasteiger partial charge is 0.373 e. The molecule has 0 saturated carbocycles. The largest absolute Gasteiger partial charge is 0.475 e. The average Bonchev–Trinajstić information content (AvgIpc) is 2.77. The van der Waals surface area contributed by atoms with Gasteiger partial charge >= 0.3 is 5.97 Å². The van der Waals surface area contributed by atoms with E-state index in [1.807, 2.05) is 0 Å². The number of hydrogen-bond donors (Lipinski definition) is 1. The zero-order chi connectivity index (χ0) is 14.0. The quantitative estimate of drug-likeness (QED) is 0.933. The number of rotatable bonds is 4. The molecule has 0 unspecified atom stereocenters. The number of aromatic nitrogens is 1. The van der Waals surface area contributed by atoms with Gasteiger partial charge in [-0.15, -0.1) is 0 Å². The van der Waals surface area contributed by atoms with Crippen LogP contribution in [0.15, 0.2) is 27.1 Å². The van der Waals surface area contributed by atoms with Crippen molar-refractivity contribution in [3.05, 3.63) is 39.9 Å². The number of hydrogen-bond acceptors (Lipinski definition) is 4. The van der Waals surface area contributed by atoms with Crippen LogP contribution in [-0.2, 0) is 11.3 Å². The van der Waals surface area contributed by atoms with E-state index in [2.05, 4.69) is 20.9 Å². The van der Waals surface area contributed by atoms with Gasteiger partial charge in [0.05, 0.1) is 16.6 Å². The molecule has 2 rings (SSSR count). The molecular weight excluding hydrogens is 321 g/mol. The summed E-state index contributed by atoms with van der Waals surface area (Å²) in [5, 5.41) is 9.00. The molecule has 0 bridgehead atoms. The first-order chi connectivity index (χ1) is 9.04. The highest BCUT2D eigenvalue weighted by Crippen LogP contribution is 2.31. The van der Waals surface area contributed by atoms with Crippen molar-refractivity contribution in [1.82, 2.24) is 4.98 Å². The molecule has 19 heavy (non-hydrogen) atoms. The lowest BCUT2D eigenvalue weighted by Crippen LogP contribution is -2.00. The molecule has 7 heteroatoms. The summed E-state index contributed by atoms with van der Waals surface area (Å²) in [7, 11) is 1.41. The minimum atomic E-state index is -1.25. The Labute approximate surface area is 116 Å². The highest BCUT2D eigenvalue weighted by Gasteiger charge is 2.22. The van der Waals surface area contributed by atoms with E-state index < -0.39 is 11.8 Å². The number of halogens is 2. The maximum Gasteiger partial charge on any atom is 0.373 e. The second-order valence-electron chi connectivity index (χ2n) is 3.63. The molecule has 2 aromatic rings. The highest BCUT2D eigenvalue weighted by molar-refractivity contribution is 9.10. The fourth-order valence-electron chi connectivity index (χ4n) is 1.54. The number of aromatic carboxylic acids is 1. The van der Waals surface area contributed by atoms with Gasteiger partial charge in [0, 0.05) is 7.11 Å². The molecule has 0 aliphatic carbocycles. The van der Waals surface area contributed by atoms with Crippen LogP contribution in [0.1, 0.15) is 16.2 Å². The fourth-order valence-corrected chi connectivity index (χ4v) is 1.97. The first-order valence-corrected chi connectivity index (χ1v) is 6.00. The van der Waals surface area contributed by atoms with Crippen LogP contribution in [0.2, 0.25) is 0 Å². The predicted octanol–water partition coefficient (Wildman–Crippen LogP) is 3.09. The van der Waals surface area contributed by atoms with Gasteiger partial charge in [-0.1, -0.05) is 6.07 Å². The maximum atomic E-state index is 13.4. The Morgan fingerprint density at radius 1 is 1.58 bits per heavy atom. The number of ether oxygens (including phenoxy) is 1. The van der Waals surface area contributed by atoms with E-state index in [9.17, 15) is 9.18 Å². The first-order valence-electron chi connectivity index (χ1n) is 5.21. The Bertz CT molecular complexity index is 626. The van der Waals surface area contributed by atoms with E-state index in [0.29, 0.717) is 5.56 Å². The van der Waals surface area contributed by atoms with Crippen LogP contribution in [0.5, 0.6) is 0 Å². The SMILES string of the molecule is COCc1nc(-c2cccc(F)c2Br)oc1C(=O)O. The standard InChI is InChI=1S/C12H9BrFNO4/c1-18-5-8-10(12(16)17)19-11(15-8)6-3-2-4-7(14)9(6)13/h2-4H,5H2,1H3,(H,16,17). The first kappa shape index (κ1) is 13.7. The minimum absolute atomic E-state index is 0.00192. The third-order valence-electron chi connectivity index (χ3n) is 2.35. The van der Waals surface area contributed by atoms with Crippen LogP contribution in [0.4, 0.5) is 4.39 Å². The van der Waals surface area contributed by atoms with E-state index in [1.165, 1.54) is 19.2 Å². The summed E-state index contributed by atoms with van der Waals surface area (Å²) in [5.74, 6) is -2.02. The second kappa shape index (κ2) is 5.50.